The predicted octanol–water partition coefficient (Wildman–Crippen LogP) is 5.36. The van der Waals surface area contributed by atoms with Crippen molar-refractivity contribution in [3.05, 3.63) is 88.7 Å². The third kappa shape index (κ3) is 4.69. The van der Waals surface area contributed by atoms with Crippen LogP contribution in [0.15, 0.2) is 77.6 Å². The van der Waals surface area contributed by atoms with Gasteiger partial charge in [-0.3, -0.25) is 4.79 Å². The first-order chi connectivity index (χ1) is 14.8. The zero-order chi connectivity index (χ0) is 22.0. The number of pyridine rings is 1. The quantitative estimate of drug-likeness (QED) is 0.486. The molecule has 0 bridgehead atoms. The molecule has 0 radical (unpaired) electrons. The summed E-state index contributed by atoms with van der Waals surface area (Å²) in [5.74, 6) is 0.632. The Labute approximate surface area is 180 Å². The summed E-state index contributed by atoms with van der Waals surface area (Å²) in [6, 6.07) is 22.1. The van der Waals surface area contributed by atoms with Gasteiger partial charge in [0.15, 0.2) is 0 Å². The highest BCUT2D eigenvalue weighted by atomic mass is 16.6. The van der Waals surface area contributed by atoms with Crippen LogP contribution in [0.4, 0.5) is 4.79 Å². The lowest BCUT2D eigenvalue weighted by molar-refractivity contribution is 0.0547. The van der Waals surface area contributed by atoms with Crippen molar-refractivity contribution < 1.29 is 14.3 Å². The third-order valence-electron chi connectivity index (χ3n) is 4.64. The number of rotatable bonds is 4. The zero-order valence-electron chi connectivity index (χ0n) is 17.7. The van der Waals surface area contributed by atoms with E-state index in [0.29, 0.717) is 29.3 Å². The number of benzene rings is 2. The Hall–Kier alpha value is -3.80. The van der Waals surface area contributed by atoms with E-state index in [0.717, 1.165) is 10.9 Å². The normalized spacial score (nSPS) is 11.5. The second-order valence-corrected chi connectivity index (χ2v) is 8.27. The molecule has 2 heterocycles. The Balaban J connectivity index is 1.78. The number of nitrogens with zero attached hydrogens (tertiary/aromatic N) is 1. The van der Waals surface area contributed by atoms with Crippen LogP contribution < -0.4 is 10.3 Å². The minimum atomic E-state index is -0.670. The molecule has 6 nitrogen and oxygen atoms in total. The molecule has 2 aromatic carbocycles. The zero-order valence-corrected chi connectivity index (χ0v) is 17.7. The molecule has 31 heavy (non-hydrogen) atoms. The van der Waals surface area contributed by atoms with Gasteiger partial charge in [0.05, 0.1) is 16.9 Å². The van der Waals surface area contributed by atoms with Crippen molar-refractivity contribution in [1.29, 1.82) is 0 Å². The van der Waals surface area contributed by atoms with Crippen molar-refractivity contribution in [3.63, 3.8) is 0 Å². The van der Waals surface area contributed by atoms with Gasteiger partial charge in [-0.15, -0.1) is 0 Å². The molecule has 0 aliphatic rings. The summed E-state index contributed by atoms with van der Waals surface area (Å²) < 4.78 is 13.1. The molecule has 2 aromatic heterocycles. The second kappa shape index (κ2) is 8.14. The van der Waals surface area contributed by atoms with E-state index in [4.69, 9.17) is 9.47 Å². The first-order valence-corrected chi connectivity index (χ1v) is 10.1. The molecule has 0 aliphatic heterocycles. The van der Waals surface area contributed by atoms with Crippen LogP contribution in [0.3, 0.4) is 0 Å². The maximum atomic E-state index is 13.1. The number of hydrogen-bond acceptors (Lipinski definition) is 4. The van der Waals surface area contributed by atoms with Gasteiger partial charge < -0.3 is 14.5 Å². The van der Waals surface area contributed by atoms with Crippen LogP contribution in [0.25, 0.3) is 22.3 Å². The Morgan fingerprint density at radius 1 is 0.968 bits per heavy atom. The number of fused-ring (bicyclic) bond motifs is 1. The highest BCUT2D eigenvalue weighted by molar-refractivity contribution is 5.96. The molecule has 4 rings (SSSR count). The van der Waals surface area contributed by atoms with Crippen LogP contribution in [0, 0.1) is 0 Å². The van der Waals surface area contributed by atoms with Crippen molar-refractivity contribution >= 4 is 17.0 Å². The summed E-state index contributed by atoms with van der Waals surface area (Å²) in [6.45, 7) is 5.86. The average Bonchev–Trinajstić information content (AvgIpc) is 3.11. The number of carbonyl (C=O) groups is 1. The van der Waals surface area contributed by atoms with E-state index in [-0.39, 0.29) is 5.56 Å². The lowest BCUT2D eigenvalue weighted by Gasteiger charge is -2.21. The molecule has 6 heteroatoms. The minimum absolute atomic E-state index is 0.245. The smallest absolute Gasteiger partial charge is 0.419 e. The van der Waals surface area contributed by atoms with E-state index < -0.39 is 11.7 Å². The minimum Gasteiger partial charge on any atom is -0.489 e. The molecule has 0 spiro atoms. The fraction of sp³-hybridized carbons (Fsp3) is 0.200. The predicted molar refractivity (Wildman–Crippen MR) is 120 cm³/mol. The van der Waals surface area contributed by atoms with Gasteiger partial charge in [-0.1, -0.05) is 36.4 Å². The SMILES string of the molecule is CC(C)(C)OC(=O)n1c(-c2cccc(=O)[nH]2)cc2ccc(OCc3ccccc3)cc21. The number of ether oxygens (including phenoxy) is 2. The van der Waals surface area contributed by atoms with E-state index in [1.54, 1.807) is 12.1 Å². The van der Waals surface area contributed by atoms with Crippen LogP contribution in [0.5, 0.6) is 5.75 Å². The maximum Gasteiger partial charge on any atom is 0.419 e. The number of carbonyl (C=O) groups excluding carboxylic acids is 1. The van der Waals surface area contributed by atoms with Crippen LogP contribution in [0.1, 0.15) is 26.3 Å². The summed E-state index contributed by atoms with van der Waals surface area (Å²) in [6.07, 6.45) is -0.526. The average molecular weight is 416 g/mol. The standard InChI is InChI=1S/C25H24N2O4/c1-25(2,3)31-24(29)27-21-15-19(30-16-17-8-5-4-6-9-17)13-12-18(21)14-22(27)20-10-7-11-23(28)26-20/h4-15H,16H2,1-3H3,(H,26,28). The van der Waals surface area contributed by atoms with E-state index in [9.17, 15) is 9.59 Å². The summed E-state index contributed by atoms with van der Waals surface area (Å²) in [5, 5.41) is 0.831. The van der Waals surface area contributed by atoms with Crippen molar-refractivity contribution in [2.75, 3.05) is 0 Å². The lowest BCUT2D eigenvalue weighted by atomic mass is 10.2. The van der Waals surface area contributed by atoms with Gasteiger partial charge in [-0.05, 0) is 50.6 Å². The third-order valence-corrected chi connectivity index (χ3v) is 4.64. The first kappa shape index (κ1) is 20.5. The van der Waals surface area contributed by atoms with Gasteiger partial charge in [0, 0.05) is 17.5 Å². The van der Waals surface area contributed by atoms with E-state index in [1.165, 1.54) is 10.6 Å². The van der Waals surface area contributed by atoms with Gasteiger partial charge in [0.25, 0.3) is 0 Å². The molecular formula is C25H24N2O4. The van der Waals surface area contributed by atoms with Crippen LogP contribution in [-0.4, -0.2) is 21.2 Å². The van der Waals surface area contributed by atoms with Gasteiger partial charge in [-0.25, -0.2) is 9.36 Å². The Morgan fingerprint density at radius 2 is 1.74 bits per heavy atom. The first-order valence-electron chi connectivity index (χ1n) is 10.1. The van der Waals surface area contributed by atoms with Crippen LogP contribution in [0.2, 0.25) is 0 Å². The number of aromatic nitrogens is 2. The number of hydrogen-bond donors (Lipinski definition) is 1. The maximum absolute atomic E-state index is 13.1. The van der Waals surface area contributed by atoms with E-state index in [2.05, 4.69) is 4.98 Å². The Morgan fingerprint density at radius 3 is 2.45 bits per heavy atom. The Bertz CT molecular complexity index is 1280. The molecule has 0 unspecified atom stereocenters. The van der Waals surface area contributed by atoms with Crippen LogP contribution in [-0.2, 0) is 11.3 Å². The summed E-state index contributed by atoms with van der Waals surface area (Å²) in [5.41, 5.74) is 1.84. The molecular weight excluding hydrogens is 392 g/mol. The fourth-order valence-corrected chi connectivity index (χ4v) is 3.31. The Kier molecular flexibility index (Phi) is 5.38. The van der Waals surface area contributed by atoms with Gasteiger partial charge in [0.1, 0.15) is 18.0 Å². The number of aromatic amines is 1. The number of nitrogens with one attached hydrogen (secondary N) is 1. The molecule has 0 aliphatic carbocycles. The molecule has 0 saturated carbocycles. The molecule has 4 aromatic rings. The highest BCUT2D eigenvalue weighted by Crippen LogP contribution is 2.30. The van der Waals surface area contributed by atoms with Crippen molar-refractivity contribution in [2.45, 2.75) is 33.0 Å². The van der Waals surface area contributed by atoms with Crippen LogP contribution >= 0.6 is 0 Å². The van der Waals surface area contributed by atoms with Gasteiger partial charge in [-0.2, -0.15) is 0 Å². The van der Waals surface area contributed by atoms with Gasteiger partial charge >= 0.3 is 6.09 Å². The molecule has 158 valence electrons. The number of H-pyrrole nitrogens is 1. The van der Waals surface area contributed by atoms with E-state index >= 15 is 0 Å². The van der Waals surface area contributed by atoms with Crippen molar-refractivity contribution in [1.82, 2.24) is 9.55 Å². The summed E-state index contributed by atoms with van der Waals surface area (Å²) >= 11 is 0. The topological polar surface area (TPSA) is 73.3 Å². The lowest BCUT2D eigenvalue weighted by Crippen LogP contribution is -2.27. The van der Waals surface area contributed by atoms with Crippen molar-refractivity contribution in [2.24, 2.45) is 0 Å². The molecule has 1 N–H and O–H groups in total. The fourth-order valence-electron chi connectivity index (χ4n) is 3.31. The van der Waals surface area contributed by atoms with E-state index in [1.807, 2.05) is 75.4 Å². The molecule has 0 saturated heterocycles. The monoisotopic (exact) mass is 416 g/mol. The molecule has 0 atom stereocenters. The molecule has 0 amide bonds. The largest absolute Gasteiger partial charge is 0.489 e. The molecule has 0 fully saturated rings. The summed E-state index contributed by atoms with van der Waals surface area (Å²) in [7, 11) is 0. The van der Waals surface area contributed by atoms with Crippen molar-refractivity contribution in [3.8, 4) is 17.1 Å². The highest BCUT2D eigenvalue weighted by Gasteiger charge is 2.23. The van der Waals surface area contributed by atoms with Gasteiger partial charge in [0.2, 0.25) is 5.56 Å². The summed E-state index contributed by atoms with van der Waals surface area (Å²) in [4.78, 5) is 27.8. The second-order valence-electron chi connectivity index (χ2n) is 8.27.